The van der Waals surface area contributed by atoms with Crippen molar-refractivity contribution in [2.45, 2.75) is 36.5 Å². The molecule has 0 amide bonds. The van der Waals surface area contributed by atoms with Gasteiger partial charge in [-0.15, -0.1) is 0 Å². The number of carbonyl (C=O) groups is 1. The van der Waals surface area contributed by atoms with Gasteiger partial charge in [0, 0.05) is 16.5 Å². The van der Waals surface area contributed by atoms with Gasteiger partial charge in [0.25, 0.3) is 20.2 Å². The summed E-state index contributed by atoms with van der Waals surface area (Å²) in [5, 5.41) is 17.5. The SMILES string of the molecule is Cc1ccc2c(-c3ccc(C(C)C)cc3C(=O)O)c3ccc(=N)c(S(=O)(=O)O)c-3oc2c1S(=O)(=O)O. The fourth-order valence-corrected chi connectivity index (χ4v) is 5.84. The highest BCUT2D eigenvalue weighted by Gasteiger charge is 2.31. The van der Waals surface area contributed by atoms with Crippen molar-refractivity contribution in [2.24, 2.45) is 0 Å². The van der Waals surface area contributed by atoms with Gasteiger partial charge in [-0.25, -0.2) is 4.79 Å². The van der Waals surface area contributed by atoms with Crippen LogP contribution in [0.4, 0.5) is 0 Å². The Morgan fingerprint density at radius 1 is 0.917 bits per heavy atom. The number of fused-ring (bicyclic) bond motifs is 2. The topological polar surface area (TPSA) is 183 Å². The number of carboxylic acid groups (broad SMARTS) is 1. The fraction of sp³-hybridized carbons (Fsp3) is 0.167. The van der Waals surface area contributed by atoms with Crippen molar-refractivity contribution in [3.63, 3.8) is 0 Å². The van der Waals surface area contributed by atoms with E-state index < -0.39 is 52.7 Å². The maximum absolute atomic E-state index is 12.3. The highest BCUT2D eigenvalue weighted by atomic mass is 32.2. The predicted octanol–water partition coefficient (Wildman–Crippen LogP) is 4.31. The molecule has 2 aliphatic rings. The molecule has 0 fully saturated rings. The minimum Gasteiger partial charge on any atom is -0.478 e. The third-order valence-corrected chi connectivity index (χ3v) is 7.83. The number of nitrogens with one attached hydrogen (secondary N) is 1. The van der Waals surface area contributed by atoms with Crippen LogP contribution in [0.3, 0.4) is 0 Å². The minimum absolute atomic E-state index is 0.0102. The number of aryl methyl sites for hydroxylation is 1. The van der Waals surface area contributed by atoms with E-state index >= 15 is 0 Å². The smallest absolute Gasteiger partial charge is 0.336 e. The van der Waals surface area contributed by atoms with E-state index in [9.17, 15) is 35.8 Å². The summed E-state index contributed by atoms with van der Waals surface area (Å²) >= 11 is 0. The quantitative estimate of drug-likeness (QED) is 0.215. The van der Waals surface area contributed by atoms with E-state index in [4.69, 9.17) is 9.83 Å². The molecule has 0 saturated carbocycles. The summed E-state index contributed by atoms with van der Waals surface area (Å²) in [6.45, 7) is 5.14. The van der Waals surface area contributed by atoms with Crippen molar-refractivity contribution in [1.82, 2.24) is 0 Å². The first-order valence-electron chi connectivity index (χ1n) is 10.5. The first-order chi connectivity index (χ1) is 16.6. The molecule has 0 bridgehead atoms. The van der Waals surface area contributed by atoms with E-state index in [1.165, 1.54) is 37.3 Å². The maximum Gasteiger partial charge on any atom is 0.336 e. The zero-order chi connectivity index (χ0) is 26.7. The van der Waals surface area contributed by atoms with E-state index in [0.29, 0.717) is 5.56 Å². The Kier molecular flexibility index (Phi) is 6.04. The van der Waals surface area contributed by atoms with Crippen LogP contribution in [0.2, 0.25) is 0 Å². The molecule has 0 saturated heterocycles. The Balaban J connectivity index is 2.36. The summed E-state index contributed by atoms with van der Waals surface area (Å²) in [6.07, 6.45) is 0. The fourth-order valence-electron chi connectivity index (χ4n) is 4.25. The molecule has 0 unspecified atom stereocenters. The molecule has 4 rings (SSSR count). The van der Waals surface area contributed by atoms with Gasteiger partial charge in [0.05, 0.1) is 10.9 Å². The number of hydrogen-bond donors (Lipinski definition) is 4. The predicted molar refractivity (Wildman–Crippen MR) is 130 cm³/mol. The lowest BCUT2D eigenvalue weighted by atomic mass is 9.88. The van der Waals surface area contributed by atoms with Crippen molar-refractivity contribution < 1.29 is 40.3 Å². The van der Waals surface area contributed by atoms with Crippen LogP contribution in [0.15, 0.2) is 56.7 Å². The van der Waals surface area contributed by atoms with Crippen LogP contribution in [0.5, 0.6) is 0 Å². The highest BCUT2D eigenvalue weighted by molar-refractivity contribution is 7.86. The lowest BCUT2D eigenvalue weighted by Gasteiger charge is -2.20. The van der Waals surface area contributed by atoms with Crippen molar-refractivity contribution in [3.8, 4) is 22.5 Å². The molecule has 188 valence electrons. The normalized spacial score (nSPS) is 12.5. The molecule has 10 nitrogen and oxygen atoms in total. The molecule has 0 radical (unpaired) electrons. The number of hydrogen-bond acceptors (Lipinski definition) is 7. The van der Waals surface area contributed by atoms with Gasteiger partial charge in [0.1, 0.15) is 4.90 Å². The van der Waals surface area contributed by atoms with Gasteiger partial charge in [-0.3, -0.25) is 14.5 Å². The first kappa shape index (κ1) is 25.5. The molecule has 0 aromatic heterocycles. The zero-order valence-electron chi connectivity index (χ0n) is 19.2. The Bertz CT molecular complexity index is 1820. The van der Waals surface area contributed by atoms with Crippen LogP contribution in [0.1, 0.15) is 41.3 Å². The summed E-state index contributed by atoms with van der Waals surface area (Å²) in [5.41, 5.74) is 0.397. The molecular weight excluding hydrogens is 510 g/mol. The largest absolute Gasteiger partial charge is 0.478 e. The van der Waals surface area contributed by atoms with Crippen LogP contribution >= 0.6 is 0 Å². The van der Waals surface area contributed by atoms with E-state index in [2.05, 4.69) is 0 Å². The number of benzene rings is 3. The third-order valence-electron chi connectivity index (χ3n) is 5.89. The lowest BCUT2D eigenvalue weighted by molar-refractivity contribution is 0.0697. The average Bonchev–Trinajstić information content (AvgIpc) is 2.74. The first-order valence-corrected chi connectivity index (χ1v) is 13.4. The van der Waals surface area contributed by atoms with Gasteiger partial charge < -0.3 is 9.52 Å². The van der Waals surface area contributed by atoms with Crippen LogP contribution in [-0.4, -0.2) is 37.0 Å². The standard InChI is InChI=1S/C24H21NO9S2/c1-11(2)13-5-7-14(17(10-13)24(26)27)19-15-6-4-12(3)22(35(28,29)30)20(15)34-21-16(19)8-9-18(25)23(21)36(31,32)33/h4-11,25H,1-3H3,(H,26,27)(H,28,29,30)(H,31,32,33). The van der Waals surface area contributed by atoms with Gasteiger partial charge in [0.15, 0.2) is 16.2 Å². The molecule has 1 heterocycles. The summed E-state index contributed by atoms with van der Waals surface area (Å²) in [5.74, 6) is -1.86. The zero-order valence-corrected chi connectivity index (χ0v) is 20.9. The Morgan fingerprint density at radius 3 is 2.08 bits per heavy atom. The van der Waals surface area contributed by atoms with E-state index in [-0.39, 0.29) is 39.1 Å². The molecule has 12 heteroatoms. The molecule has 0 spiro atoms. The van der Waals surface area contributed by atoms with Crippen molar-refractivity contribution >= 4 is 37.2 Å². The molecule has 2 aromatic rings. The molecule has 0 atom stereocenters. The van der Waals surface area contributed by atoms with Gasteiger partial charge >= 0.3 is 5.97 Å². The highest BCUT2D eigenvalue weighted by Crippen LogP contribution is 2.45. The second-order valence-corrected chi connectivity index (χ2v) is 11.3. The van der Waals surface area contributed by atoms with E-state index in [0.717, 1.165) is 6.07 Å². The van der Waals surface area contributed by atoms with Crippen LogP contribution in [0, 0.1) is 12.3 Å². The van der Waals surface area contributed by atoms with Gasteiger partial charge in [-0.2, -0.15) is 16.8 Å². The molecule has 2 aromatic carbocycles. The van der Waals surface area contributed by atoms with E-state index in [1.807, 2.05) is 13.8 Å². The van der Waals surface area contributed by atoms with Crippen molar-refractivity contribution in [1.29, 1.82) is 5.41 Å². The molecular formula is C24H21NO9S2. The summed E-state index contributed by atoms with van der Waals surface area (Å²) < 4.78 is 74.5. The van der Waals surface area contributed by atoms with Crippen molar-refractivity contribution in [2.75, 3.05) is 0 Å². The number of rotatable bonds is 5. The minimum atomic E-state index is -5.04. The third kappa shape index (κ3) is 4.17. The molecule has 1 aliphatic carbocycles. The van der Waals surface area contributed by atoms with Gasteiger partial charge in [-0.05, 0) is 47.7 Å². The van der Waals surface area contributed by atoms with Crippen LogP contribution in [0.25, 0.3) is 33.4 Å². The molecule has 4 N–H and O–H groups in total. The second kappa shape index (κ2) is 8.52. The van der Waals surface area contributed by atoms with E-state index in [1.54, 1.807) is 6.07 Å². The van der Waals surface area contributed by atoms with Crippen LogP contribution in [-0.2, 0) is 20.2 Å². The summed E-state index contributed by atoms with van der Waals surface area (Å²) in [6, 6.07) is 9.93. The monoisotopic (exact) mass is 531 g/mol. The number of aromatic carboxylic acids is 1. The lowest BCUT2D eigenvalue weighted by Crippen LogP contribution is -2.16. The Labute approximate surface area is 206 Å². The second-order valence-electron chi connectivity index (χ2n) is 8.60. The average molecular weight is 532 g/mol. The maximum atomic E-state index is 12.3. The Morgan fingerprint density at radius 2 is 1.53 bits per heavy atom. The molecule has 36 heavy (non-hydrogen) atoms. The number of carboxylic acids is 1. The summed E-state index contributed by atoms with van der Waals surface area (Å²) in [7, 11) is -9.94. The van der Waals surface area contributed by atoms with Crippen molar-refractivity contribution in [3.05, 3.63) is 64.5 Å². The van der Waals surface area contributed by atoms with Crippen LogP contribution < -0.4 is 5.36 Å². The summed E-state index contributed by atoms with van der Waals surface area (Å²) in [4.78, 5) is 10.7. The Hall–Kier alpha value is -3.58. The molecule has 1 aliphatic heterocycles. The van der Waals surface area contributed by atoms with Gasteiger partial charge in [0.2, 0.25) is 0 Å². The van der Waals surface area contributed by atoms with Gasteiger partial charge in [-0.1, -0.05) is 38.1 Å².